The second-order valence-corrected chi connectivity index (χ2v) is 6.03. The zero-order valence-electron chi connectivity index (χ0n) is 15.0. The number of ether oxygens (including phenoxy) is 1. The molecular weight excluding hydrogens is 347 g/mol. The maximum absolute atomic E-state index is 13.8. The summed E-state index contributed by atoms with van der Waals surface area (Å²) < 4.78 is 24.8. The van der Waals surface area contributed by atoms with Gasteiger partial charge in [-0.05, 0) is 49.7 Å². The average molecular weight is 366 g/mol. The molecule has 0 atom stereocenters. The van der Waals surface area contributed by atoms with E-state index in [9.17, 15) is 9.18 Å². The number of carbonyl (C=O) groups excluding carboxylic acids is 1. The Morgan fingerprint density at radius 1 is 1.19 bits per heavy atom. The number of halogens is 1. The van der Waals surface area contributed by atoms with Gasteiger partial charge in [0.2, 0.25) is 0 Å². The van der Waals surface area contributed by atoms with Crippen LogP contribution in [0.15, 0.2) is 64.1 Å². The molecule has 1 N–H and O–H groups in total. The van der Waals surface area contributed by atoms with E-state index in [-0.39, 0.29) is 12.4 Å². The zero-order valence-corrected chi connectivity index (χ0v) is 15.0. The van der Waals surface area contributed by atoms with Gasteiger partial charge in [-0.15, -0.1) is 0 Å². The molecule has 0 aliphatic carbocycles. The Morgan fingerprint density at radius 2 is 2.00 bits per heavy atom. The fourth-order valence-electron chi connectivity index (χ4n) is 2.53. The maximum atomic E-state index is 13.8. The molecule has 1 amide bonds. The second-order valence-electron chi connectivity index (χ2n) is 6.03. The Bertz CT molecular complexity index is 979. The third kappa shape index (κ3) is 4.82. The Morgan fingerprint density at radius 3 is 2.78 bits per heavy atom. The molecule has 1 aromatic heterocycles. The molecule has 0 bridgehead atoms. The third-order valence-electron chi connectivity index (χ3n) is 3.84. The van der Waals surface area contributed by atoms with Crippen molar-refractivity contribution in [2.75, 3.05) is 6.61 Å². The molecule has 0 unspecified atom stereocenters. The fourth-order valence-corrected chi connectivity index (χ4v) is 2.53. The minimum Gasteiger partial charge on any atom is -0.483 e. The predicted octanol–water partition coefficient (Wildman–Crippen LogP) is 4.23. The van der Waals surface area contributed by atoms with Crippen molar-refractivity contribution in [3.8, 4) is 17.1 Å². The number of benzene rings is 2. The van der Waals surface area contributed by atoms with Crippen molar-refractivity contribution in [3.05, 3.63) is 77.3 Å². The van der Waals surface area contributed by atoms with Gasteiger partial charge in [-0.3, -0.25) is 4.79 Å². The molecule has 2 aromatic carbocycles. The first-order valence-corrected chi connectivity index (χ1v) is 8.39. The van der Waals surface area contributed by atoms with Gasteiger partial charge in [-0.1, -0.05) is 29.8 Å². The second kappa shape index (κ2) is 8.31. The molecule has 0 saturated heterocycles. The lowest BCUT2D eigenvalue weighted by atomic mass is 10.1. The number of nitrogens with zero attached hydrogens (tertiary/aromatic N) is 1. The largest absolute Gasteiger partial charge is 0.483 e. The van der Waals surface area contributed by atoms with E-state index in [4.69, 9.17) is 9.15 Å². The monoisotopic (exact) mass is 366 g/mol. The summed E-state index contributed by atoms with van der Waals surface area (Å²) >= 11 is 0. The Labute approximate surface area is 156 Å². The number of carbonyl (C=O) groups is 1. The van der Waals surface area contributed by atoms with Crippen LogP contribution in [0.4, 0.5) is 4.39 Å². The third-order valence-corrected chi connectivity index (χ3v) is 3.84. The highest BCUT2D eigenvalue weighted by molar-refractivity contribution is 5.81. The maximum Gasteiger partial charge on any atom is 0.277 e. The molecule has 5 nitrogen and oxygen atoms in total. The summed E-state index contributed by atoms with van der Waals surface area (Å²) in [6.07, 6.45) is 1.35. The number of hydrogen-bond donors (Lipinski definition) is 1. The lowest BCUT2D eigenvalue weighted by Crippen LogP contribution is -2.24. The molecule has 0 saturated carbocycles. The van der Waals surface area contributed by atoms with E-state index in [1.807, 2.05) is 32.0 Å². The smallest absolute Gasteiger partial charge is 0.277 e. The van der Waals surface area contributed by atoms with Gasteiger partial charge in [0.05, 0.1) is 11.8 Å². The van der Waals surface area contributed by atoms with Crippen LogP contribution in [0.1, 0.15) is 16.9 Å². The molecule has 6 heteroatoms. The lowest BCUT2D eigenvalue weighted by Gasteiger charge is -2.08. The van der Waals surface area contributed by atoms with Gasteiger partial charge in [0.1, 0.15) is 23.1 Å². The molecule has 138 valence electrons. The van der Waals surface area contributed by atoms with Gasteiger partial charge >= 0.3 is 0 Å². The average Bonchev–Trinajstić information content (AvgIpc) is 3.10. The Kier molecular flexibility index (Phi) is 5.66. The van der Waals surface area contributed by atoms with E-state index in [1.165, 1.54) is 12.3 Å². The molecule has 3 aromatic rings. The minimum absolute atomic E-state index is 0.153. The number of aryl methyl sites for hydroxylation is 2. The summed E-state index contributed by atoms with van der Waals surface area (Å²) in [6, 6.07) is 15.3. The number of rotatable bonds is 6. The van der Waals surface area contributed by atoms with E-state index >= 15 is 0 Å². The molecule has 27 heavy (non-hydrogen) atoms. The number of nitrogens with one attached hydrogen (secondary N) is 1. The van der Waals surface area contributed by atoms with Gasteiger partial charge in [0, 0.05) is 0 Å². The van der Waals surface area contributed by atoms with Crippen molar-refractivity contribution in [2.24, 2.45) is 5.10 Å². The molecule has 0 aliphatic rings. The summed E-state index contributed by atoms with van der Waals surface area (Å²) in [6.45, 7) is 3.76. The van der Waals surface area contributed by atoms with E-state index in [0.717, 1.165) is 11.1 Å². The predicted molar refractivity (Wildman–Crippen MR) is 101 cm³/mol. The number of amides is 1. The van der Waals surface area contributed by atoms with Crippen molar-refractivity contribution < 1.29 is 18.3 Å². The van der Waals surface area contributed by atoms with Gasteiger partial charge in [-0.25, -0.2) is 9.82 Å². The summed E-state index contributed by atoms with van der Waals surface area (Å²) in [5, 5.41) is 3.83. The minimum atomic E-state index is -0.396. The lowest BCUT2D eigenvalue weighted by molar-refractivity contribution is -0.123. The summed E-state index contributed by atoms with van der Waals surface area (Å²) in [4.78, 5) is 11.8. The van der Waals surface area contributed by atoms with E-state index < -0.39 is 5.91 Å². The van der Waals surface area contributed by atoms with Crippen LogP contribution in [0.3, 0.4) is 0 Å². The van der Waals surface area contributed by atoms with E-state index in [1.54, 1.807) is 30.3 Å². The molecule has 3 rings (SSSR count). The first-order chi connectivity index (χ1) is 13.0. The zero-order chi connectivity index (χ0) is 19.2. The molecule has 0 aliphatic heterocycles. The summed E-state index contributed by atoms with van der Waals surface area (Å²) in [7, 11) is 0. The van der Waals surface area contributed by atoms with Crippen LogP contribution in [0.2, 0.25) is 0 Å². The quantitative estimate of drug-likeness (QED) is 0.524. The highest BCUT2D eigenvalue weighted by atomic mass is 19.1. The standard InChI is InChI=1S/C21H19FN2O3/c1-14-7-9-19(15(2)11-14)26-13-21(25)24-23-12-16-8-10-20(27-16)17-5-3-4-6-18(17)22/h3-12H,13H2,1-2H3,(H,24,25). The van der Waals surface area contributed by atoms with E-state index in [0.29, 0.717) is 22.8 Å². The van der Waals surface area contributed by atoms with Gasteiger partial charge in [0.25, 0.3) is 5.91 Å². The number of hydrazone groups is 1. The fraction of sp³-hybridized carbons (Fsp3) is 0.143. The molecular formula is C21H19FN2O3. The molecule has 0 spiro atoms. The van der Waals surface area contributed by atoms with E-state index in [2.05, 4.69) is 10.5 Å². The van der Waals surface area contributed by atoms with Crippen LogP contribution in [0, 0.1) is 19.7 Å². The molecule has 1 heterocycles. The number of hydrogen-bond acceptors (Lipinski definition) is 4. The highest BCUT2D eigenvalue weighted by Crippen LogP contribution is 2.24. The summed E-state index contributed by atoms with van der Waals surface area (Å²) in [5.74, 6) is 0.669. The van der Waals surface area contributed by atoms with Gasteiger partial charge < -0.3 is 9.15 Å². The van der Waals surface area contributed by atoms with Gasteiger partial charge in [0.15, 0.2) is 6.61 Å². The normalized spacial score (nSPS) is 10.9. The SMILES string of the molecule is Cc1ccc(OCC(=O)NN=Cc2ccc(-c3ccccc3F)o2)c(C)c1. The van der Waals surface area contributed by atoms with Crippen LogP contribution >= 0.6 is 0 Å². The van der Waals surface area contributed by atoms with Crippen LogP contribution in [0.5, 0.6) is 5.75 Å². The topological polar surface area (TPSA) is 63.8 Å². The van der Waals surface area contributed by atoms with Crippen molar-refractivity contribution in [3.63, 3.8) is 0 Å². The van der Waals surface area contributed by atoms with Crippen LogP contribution in [-0.4, -0.2) is 18.7 Å². The Balaban J connectivity index is 1.53. The van der Waals surface area contributed by atoms with Crippen LogP contribution in [-0.2, 0) is 4.79 Å². The van der Waals surface area contributed by atoms with Crippen LogP contribution < -0.4 is 10.2 Å². The highest BCUT2D eigenvalue weighted by Gasteiger charge is 2.08. The van der Waals surface area contributed by atoms with Crippen molar-refractivity contribution in [2.45, 2.75) is 13.8 Å². The molecule has 0 fully saturated rings. The molecule has 0 radical (unpaired) electrons. The van der Waals surface area contributed by atoms with Gasteiger partial charge in [-0.2, -0.15) is 5.10 Å². The first kappa shape index (κ1) is 18.4. The van der Waals surface area contributed by atoms with Crippen LogP contribution in [0.25, 0.3) is 11.3 Å². The van der Waals surface area contributed by atoms with Crippen molar-refractivity contribution in [1.82, 2.24) is 5.43 Å². The number of furan rings is 1. The summed E-state index contributed by atoms with van der Waals surface area (Å²) in [5.41, 5.74) is 4.82. The first-order valence-electron chi connectivity index (χ1n) is 8.39. The van der Waals surface area contributed by atoms with Crippen molar-refractivity contribution >= 4 is 12.1 Å². The Hall–Kier alpha value is -3.41. The van der Waals surface area contributed by atoms with Crippen molar-refractivity contribution in [1.29, 1.82) is 0 Å².